The Morgan fingerprint density at radius 1 is 1.40 bits per heavy atom. The van der Waals surface area contributed by atoms with Gasteiger partial charge in [0.05, 0.1) is 0 Å². The maximum Gasteiger partial charge on any atom is 0.00551 e. The first-order valence-electron chi connectivity index (χ1n) is 4.19. The monoisotopic (exact) mass is 158 g/mol. The third kappa shape index (κ3) is 2.96. The fraction of sp³-hybridized carbons (Fsp3) is 1.00. The fourth-order valence-electron chi connectivity index (χ4n) is 1.11. The molecular formula is C9H18S. The number of rotatable bonds is 2. The Labute approximate surface area is 68.8 Å². The first-order valence-corrected chi connectivity index (χ1v) is 5.24. The predicted molar refractivity (Wildman–Crippen MR) is 49.6 cm³/mol. The van der Waals surface area contributed by atoms with E-state index in [0.717, 1.165) is 5.25 Å². The summed E-state index contributed by atoms with van der Waals surface area (Å²) in [5.74, 6) is 1.41. The summed E-state index contributed by atoms with van der Waals surface area (Å²) in [6, 6.07) is 0. The van der Waals surface area contributed by atoms with Crippen LogP contribution in [0.15, 0.2) is 0 Å². The molecule has 0 radical (unpaired) electrons. The van der Waals surface area contributed by atoms with Crippen LogP contribution < -0.4 is 0 Å². The Morgan fingerprint density at radius 3 is 2.30 bits per heavy atom. The highest BCUT2D eigenvalue weighted by Gasteiger charge is 2.20. The van der Waals surface area contributed by atoms with E-state index in [1.165, 1.54) is 25.0 Å². The van der Waals surface area contributed by atoms with Gasteiger partial charge in [-0.2, -0.15) is 11.8 Å². The standard InChI is InChI=1S/C9H18S/c1-9(2,3)6-4-8-5-7-10-8/h8H,4-7H2,1-3H3. The summed E-state index contributed by atoms with van der Waals surface area (Å²) in [7, 11) is 0. The van der Waals surface area contributed by atoms with E-state index in [0.29, 0.717) is 5.41 Å². The predicted octanol–water partition coefficient (Wildman–Crippen LogP) is 3.32. The van der Waals surface area contributed by atoms with Crippen molar-refractivity contribution in [2.24, 2.45) is 5.41 Å². The van der Waals surface area contributed by atoms with Crippen LogP contribution in [-0.2, 0) is 0 Å². The molecule has 0 aromatic heterocycles. The second-order valence-electron chi connectivity index (χ2n) is 4.38. The molecule has 0 spiro atoms. The second kappa shape index (κ2) is 3.17. The highest BCUT2D eigenvalue weighted by Crippen LogP contribution is 2.34. The molecule has 0 aromatic carbocycles. The van der Waals surface area contributed by atoms with Crippen molar-refractivity contribution in [1.82, 2.24) is 0 Å². The Balaban J connectivity index is 2.04. The van der Waals surface area contributed by atoms with Gasteiger partial charge in [-0.25, -0.2) is 0 Å². The molecule has 1 heterocycles. The molecular weight excluding hydrogens is 140 g/mol. The number of thioether (sulfide) groups is 1. The van der Waals surface area contributed by atoms with E-state index < -0.39 is 0 Å². The van der Waals surface area contributed by atoms with E-state index in [4.69, 9.17) is 0 Å². The van der Waals surface area contributed by atoms with Gasteiger partial charge in [0, 0.05) is 5.25 Å². The van der Waals surface area contributed by atoms with Gasteiger partial charge in [-0.1, -0.05) is 20.8 Å². The van der Waals surface area contributed by atoms with Crippen molar-refractivity contribution in [2.45, 2.75) is 45.3 Å². The van der Waals surface area contributed by atoms with Crippen molar-refractivity contribution >= 4 is 11.8 Å². The van der Waals surface area contributed by atoms with Crippen LogP contribution in [-0.4, -0.2) is 11.0 Å². The van der Waals surface area contributed by atoms with Gasteiger partial charge in [0.25, 0.3) is 0 Å². The van der Waals surface area contributed by atoms with E-state index in [1.807, 2.05) is 0 Å². The molecule has 1 fully saturated rings. The van der Waals surface area contributed by atoms with Crippen LogP contribution in [0.4, 0.5) is 0 Å². The van der Waals surface area contributed by atoms with Gasteiger partial charge in [-0.3, -0.25) is 0 Å². The topological polar surface area (TPSA) is 0 Å². The van der Waals surface area contributed by atoms with E-state index >= 15 is 0 Å². The molecule has 0 bridgehead atoms. The van der Waals surface area contributed by atoms with Gasteiger partial charge in [0.2, 0.25) is 0 Å². The molecule has 10 heavy (non-hydrogen) atoms. The summed E-state index contributed by atoms with van der Waals surface area (Å²) in [5.41, 5.74) is 0.552. The zero-order chi connectivity index (χ0) is 7.61. The van der Waals surface area contributed by atoms with Gasteiger partial charge in [-0.15, -0.1) is 0 Å². The lowest BCUT2D eigenvalue weighted by atomic mass is 9.89. The van der Waals surface area contributed by atoms with Crippen molar-refractivity contribution in [1.29, 1.82) is 0 Å². The lowest BCUT2D eigenvalue weighted by Crippen LogP contribution is -2.18. The van der Waals surface area contributed by atoms with Gasteiger partial charge >= 0.3 is 0 Å². The summed E-state index contributed by atoms with van der Waals surface area (Å²) in [5, 5.41) is 1.01. The minimum absolute atomic E-state index is 0.552. The molecule has 1 aliphatic heterocycles. The third-order valence-electron chi connectivity index (χ3n) is 2.01. The zero-order valence-electron chi connectivity index (χ0n) is 7.31. The SMILES string of the molecule is CC(C)(C)CCC1CCS1. The van der Waals surface area contributed by atoms with Crippen molar-refractivity contribution in [2.75, 3.05) is 5.75 Å². The summed E-state index contributed by atoms with van der Waals surface area (Å²) in [6.45, 7) is 6.99. The minimum atomic E-state index is 0.552. The highest BCUT2D eigenvalue weighted by atomic mass is 32.2. The molecule has 0 N–H and O–H groups in total. The maximum atomic E-state index is 2.33. The average Bonchev–Trinajstić information content (AvgIpc) is 1.56. The molecule has 0 amide bonds. The molecule has 1 aliphatic rings. The van der Waals surface area contributed by atoms with Crippen LogP contribution in [0.3, 0.4) is 0 Å². The average molecular weight is 158 g/mol. The Kier molecular flexibility index (Phi) is 2.67. The highest BCUT2D eigenvalue weighted by molar-refractivity contribution is 8.01. The Bertz CT molecular complexity index is 97.8. The number of hydrogen-bond acceptors (Lipinski definition) is 1. The second-order valence-corrected chi connectivity index (χ2v) is 5.79. The van der Waals surface area contributed by atoms with E-state index in [2.05, 4.69) is 32.5 Å². The van der Waals surface area contributed by atoms with Gasteiger partial charge in [0.1, 0.15) is 0 Å². The van der Waals surface area contributed by atoms with Crippen molar-refractivity contribution in [3.63, 3.8) is 0 Å². The first-order chi connectivity index (χ1) is 4.58. The molecule has 0 aliphatic carbocycles. The molecule has 1 saturated heterocycles. The molecule has 1 rings (SSSR count). The van der Waals surface area contributed by atoms with Crippen molar-refractivity contribution in [3.8, 4) is 0 Å². The molecule has 0 nitrogen and oxygen atoms in total. The lowest BCUT2D eigenvalue weighted by molar-refractivity contribution is 0.360. The first kappa shape index (κ1) is 8.45. The smallest absolute Gasteiger partial charge is 0.00551 e. The van der Waals surface area contributed by atoms with Crippen LogP contribution >= 0.6 is 11.8 Å². The van der Waals surface area contributed by atoms with E-state index in [9.17, 15) is 0 Å². The van der Waals surface area contributed by atoms with Gasteiger partial charge in [0.15, 0.2) is 0 Å². The van der Waals surface area contributed by atoms with Crippen LogP contribution in [0, 0.1) is 5.41 Å². The zero-order valence-corrected chi connectivity index (χ0v) is 8.13. The van der Waals surface area contributed by atoms with Crippen molar-refractivity contribution in [3.05, 3.63) is 0 Å². The molecule has 1 heteroatoms. The number of hydrogen-bond donors (Lipinski definition) is 0. The van der Waals surface area contributed by atoms with Crippen molar-refractivity contribution < 1.29 is 0 Å². The van der Waals surface area contributed by atoms with Gasteiger partial charge < -0.3 is 0 Å². The largest absolute Gasteiger partial charge is 0.159 e. The third-order valence-corrected chi connectivity index (χ3v) is 3.42. The Morgan fingerprint density at radius 2 is 2.00 bits per heavy atom. The minimum Gasteiger partial charge on any atom is -0.159 e. The summed E-state index contributed by atoms with van der Waals surface area (Å²) in [6.07, 6.45) is 4.31. The summed E-state index contributed by atoms with van der Waals surface area (Å²) >= 11 is 2.15. The van der Waals surface area contributed by atoms with Crippen LogP contribution in [0.5, 0.6) is 0 Å². The molecule has 1 atom stereocenters. The maximum absolute atomic E-state index is 2.33. The summed E-state index contributed by atoms with van der Waals surface area (Å²) in [4.78, 5) is 0. The molecule has 1 unspecified atom stereocenters. The van der Waals surface area contributed by atoms with Crippen LogP contribution in [0.25, 0.3) is 0 Å². The Hall–Kier alpha value is 0.350. The van der Waals surface area contributed by atoms with E-state index in [1.54, 1.807) is 0 Å². The van der Waals surface area contributed by atoms with Crippen LogP contribution in [0.2, 0.25) is 0 Å². The molecule has 0 saturated carbocycles. The van der Waals surface area contributed by atoms with E-state index in [-0.39, 0.29) is 0 Å². The molecule has 60 valence electrons. The lowest BCUT2D eigenvalue weighted by Gasteiger charge is -2.28. The normalized spacial score (nSPS) is 26.1. The fourth-order valence-corrected chi connectivity index (χ4v) is 1.96. The van der Waals surface area contributed by atoms with Crippen LogP contribution in [0.1, 0.15) is 40.0 Å². The molecule has 0 aromatic rings. The van der Waals surface area contributed by atoms with Gasteiger partial charge in [-0.05, 0) is 30.4 Å². The summed E-state index contributed by atoms with van der Waals surface area (Å²) < 4.78 is 0. The quantitative estimate of drug-likeness (QED) is 0.594.